The van der Waals surface area contributed by atoms with Crippen molar-refractivity contribution in [1.29, 1.82) is 5.26 Å². The summed E-state index contributed by atoms with van der Waals surface area (Å²) in [7, 11) is 1.72. The van der Waals surface area contributed by atoms with Crippen LogP contribution in [0.1, 0.15) is 24.2 Å². The maximum Gasteiger partial charge on any atom is 0.243 e. The van der Waals surface area contributed by atoms with Gasteiger partial charge in [-0.1, -0.05) is 6.07 Å². The van der Waals surface area contributed by atoms with E-state index in [-0.39, 0.29) is 5.91 Å². The Bertz CT molecular complexity index is 530. The van der Waals surface area contributed by atoms with E-state index in [1.165, 1.54) is 0 Å². The summed E-state index contributed by atoms with van der Waals surface area (Å²) in [4.78, 5) is 18.5. The van der Waals surface area contributed by atoms with Gasteiger partial charge in [-0.05, 0) is 31.9 Å². The molecule has 2 heterocycles. The zero-order valence-corrected chi connectivity index (χ0v) is 11.9. The first-order valence-corrected chi connectivity index (χ1v) is 6.74. The first-order chi connectivity index (χ1) is 9.57. The Morgan fingerprint density at radius 3 is 2.80 bits per heavy atom. The van der Waals surface area contributed by atoms with Gasteiger partial charge in [0.1, 0.15) is 5.41 Å². The Kier molecular flexibility index (Phi) is 4.35. The summed E-state index contributed by atoms with van der Waals surface area (Å²) in [6.07, 6.45) is 0.932. The number of ether oxygens (including phenoxy) is 1. The molecule has 1 aliphatic heterocycles. The predicted octanol–water partition coefficient (Wildman–Crippen LogP) is 1.67. The van der Waals surface area contributed by atoms with Gasteiger partial charge in [-0.25, -0.2) is 0 Å². The standard InChI is InChI=1S/C15H19N3O2/c1-12-4-3-5-13(17-12)10-18(2)14(19)15(11-16)6-8-20-9-7-15/h3-5H,6-10H2,1-2H3. The van der Waals surface area contributed by atoms with E-state index in [1.54, 1.807) is 11.9 Å². The van der Waals surface area contributed by atoms with Gasteiger partial charge in [-0.2, -0.15) is 5.26 Å². The molecule has 1 saturated heterocycles. The van der Waals surface area contributed by atoms with Gasteiger partial charge in [0.05, 0.1) is 18.3 Å². The van der Waals surface area contributed by atoms with E-state index in [0.29, 0.717) is 32.6 Å². The fourth-order valence-corrected chi connectivity index (χ4v) is 2.46. The van der Waals surface area contributed by atoms with Gasteiger partial charge >= 0.3 is 0 Å². The lowest BCUT2D eigenvalue weighted by atomic mass is 9.80. The molecule has 0 saturated carbocycles. The highest BCUT2D eigenvalue weighted by Crippen LogP contribution is 2.32. The molecule has 5 nitrogen and oxygen atoms in total. The predicted molar refractivity (Wildman–Crippen MR) is 73.5 cm³/mol. The highest BCUT2D eigenvalue weighted by Gasteiger charge is 2.42. The van der Waals surface area contributed by atoms with Gasteiger partial charge in [0, 0.05) is 26.0 Å². The second kappa shape index (κ2) is 6.02. The minimum atomic E-state index is -0.934. The van der Waals surface area contributed by atoms with E-state index in [2.05, 4.69) is 11.1 Å². The largest absolute Gasteiger partial charge is 0.381 e. The van der Waals surface area contributed by atoms with Crippen LogP contribution in [0.5, 0.6) is 0 Å². The molecular formula is C15H19N3O2. The molecule has 1 aliphatic rings. The number of carbonyl (C=O) groups excluding carboxylic acids is 1. The molecule has 0 aromatic carbocycles. The van der Waals surface area contributed by atoms with Gasteiger partial charge in [0.25, 0.3) is 0 Å². The third-order valence-corrected chi connectivity index (χ3v) is 3.66. The van der Waals surface area contributed by atoms with Crippen molar-refractivity contribution in [3.8, 4) is 6.07 Å². The van der Waals surface area contributed by atoms with Gasteiger partial charge in [0.15, 0.2) is 0 Å². The molecule has 0 aliphatic carbocycles. The highest BCUT2D eigenvalue weighted by atomic mass is 16.5. The lowest BCUT2D eigenvalue weighted by Crippen LogP contribution is -2.44. The number of nitriles is 1. The third-order valence-electron chi connectivity index (χ3n) is 3.66. The van der Waals surface area contributed by atoms with Gasteiger partial charge in [0.2, 0.25) is 5.91 Å². The zero-order valence-electron chi connectivity index (χ0n) is 11.9. The van der Waals surface area contributed by atoms with Crippen molar-refractivity contribution < 1.29 is 9.53 Å². The number of hydrogen-bond donors (Lipinski definition) is 0. The normalized spacial score (nSPS) is 17.2. The summed E-state index contributed by atoms with van der Waals surface area (Å²) in [5.74, 6) is -0.133. The van der Waals surface area contributed by atoms with Crippen molar-refractivity contribution in [3.05, 3.63) is 29.6 Å². The summed E-state index contributed by atoms with van der Waals surface area (Å²) < 4.78 is 5.26. The van der Waals surface area contributed by atoms with Crippen LogP contribution in [0.3, 0.4) is 0 Å². The quantitative estimate of drug-likeness (QED) is 0.840. The van der Waals surface area contributed by atoms with Crippen LogP contribution in [0.15, 0.2) is 18.2 Å². The smallest absolute Gasteiger partial charge is 0.243 e. The topological polar surface area (TPSA) is 66.2 Å². The molecule has 2 rings (SSSR count). The lowest BCUT2D eigenvalue weighted by molar-refractivity contribution is -0.142. The minimum Gasteiger partial charge on any atom is -0.381 e. The number of carbonyl (C=O) groups is 1. The minimum absolute atomic E-state index is 0.133. The van der Waals surface area contributed by atoms with E-state index >= 15 is 0 Å². The summed E-state index contributed by atoms with van der Waals surface area (Å²) >= 11 is 0. The Hall–Kier alpha value is -1.93. The van der Waals surface area contributed by atoms with Crippen molar-refractivity contribution in [2.24, 2.45) is 5.41 Å². The second-order valence-electron chi connectivity index (χ2n) is 5.24. The molecule has 106 valence electrons. The van der Waals surface area contributed by atoms with Crippen molar-refractivity contribution in [2.45, 2.75) is 26.3 Å². The van der Waals surface area contributed by atoms with E-state index in [4.69, 9.17) is 4.74 Å². The number of nitrogens with zero attached hydrogens (tertiary/aromatic N) is 3. The van der Waals surface area contributed by atoms with Crippen LogP contribution in [0, 0.1) is 23.7 Å². The van der Waals surface area contributed by atoms with Gasteiger partial charge in [-0.15, -0.1) is 0 Å². The summed E-state index contributed by atoms with van der Waals surface area (Å²) in [5, 5.41) is 9.40. The Morgan fingerprint density at radius 1 is 1.50 bits per heavy atom. The average Bonchev–Trinajstić information content (AvgIpc) is 2.47. The molecule has 1 amide bonds. The average molecular weight is 273 g/mol. The van der Waals surface area contributed by atoms with Crippen molar-refractivity contribution in [3.63, 3.8) is 0 Å². The monoisotopic (exact) mass is 273 g/mol. The molecule has 1 fully saturated rings. The molecule has 1 aromatic heterocycles. The fraction of sp³-hybridized carbons (Fsp3) is 0.533. The molecule has 0 radical (unpaired) electrons. The molecule has 0 bridgehead atoms. The van der Waals surface area contributed by atoms with Gasteiger partial charge in [-0.3, -0.25) is 9.78 Å². The first kappa shape index (κ1) is 14.5. The van der Waals surface area contributed by atoms with Gasteiger partial charge < -0.3 is 9.64 Å². The van der Waals surface area contributed by atoms with Crippen LogP contribution in [-0.2, 0) is 16.1 Å². The van der Waals surface area contributed by atoms with E-state index in [0.717, 1.165) is 11.4 Å². The number of hydrogen-bond acceptors (Lipinski definition) is 4. The summed E-state index contributed by atoms with van der Waals surface area (Å²) in [6, 6.07) is 7.93. The summed E-state index contributed by atoms with van der Waals surface area (Å²) in [5.41, 5.74) is 0.821. The summed E-state index contributed by atoms with van der Waals surface area (Å²) in [6.45, 7) is 3.27. The number of amides is 1. The third kappa shape index (κ3) is 2.97. The maximum absolute atomic E-state index is 12.6. The molecule has 5 heteroatoms. The molecule has 0 N–H and O–H groups in total. The molecule has 20 heavy (non-hydrogen) atoms. The molecular weight excluding hydrogens is 254 g/mol. The number of rotatable bonds is 3. The Balaban J connectivity index is 2.10. The number of pyridine rings is 1. The number of aromatic nitrogens is 1. The molecule has 0 unspecified atom stereocenters. The van der Waals surface area contributed by atoms with E-state index in [9.17, 15) is 10.1 Å². The highest BCUT2D eigenvalue weighted by molar-refractivity contribution is 5.85. The lowest BCUT2D eigenvalue weighted by Gasteiger charge is -2.32. The maximum atomic E-state index is 12.6. The molecule has 0 spiro atoms. The van der Waals surface area contributed by atoms with Crippen LogP contribution < -0.4 is 0 Å². The van der Waals surface area contributed by atoms with Crippen LogP contribution in [0.4, 0.5) is 0 Å². The Morgan fingerprint density at radius 2 is 2.20 bits per heavy atom. The van der Waals surface area contributed by atoms with Crippen LogP contribution in [-0.4, -0.2) is 36.1 Å². The van der Waals surface area contributed by atoms with E-state index in [1.807, 2.05) is 25.1 Å². The fourth-order valence-electron chi connectivity index (χ4n) is 2.46. The van der Waals surface area contributed by atoms with Crippen molar-refractivity contribution in [1.82, 2.24) is 9.88 Å². The number of aryl methyl sites for hydroxylation is 1. The van der Waals surface area contributed by atoms with E-state index < -0.39 is 5.41 Å². The Labute approximate surface area is 119 Å². The van der Waals surface area contributed by atoms with Crippen LogP contribution in [0.25, 0.3) is 0 Å². The van der Waals surface area contributed by atoms with Crippen molar-refractivity contribution >= 4 is 5.91 Å². The SMILES string of the molecule is Cc1cccc(CN(C)C(=O)C2(C#N)CCOCC2)n1. The molecule has 1 aromatic rings. The van der Waals surface area contributed by atoms with Crippen LogP contribution in [0.2, 0.25) is 0 Å². The van der Waals surface area contributed by atoms with Crippen molar-refractivity contribution in [2.75, 3.05) is 20.3 Å². The van der Waals surface area contributed by atoms with Crippen LogP contribution >= 0.6 is 0 Å². The second-order valence-corrected chi connectivity index (χ2v) is 5.24. The zero-order chi connectivity index (χ0) is 14.6. The molecule has 0 atom stereocenters. The first-order valence-electron chi connectivity index (χ1n) is 6.74.